The van der Waals surface area contributed by atoms with Gasteiger partial charge in [0.05, 0.1) is 12.0 Å². The average Bonchev–Trinajstić information content (AvgIpc) is 1.87. The fraction of sp³-hybridized carbons (Fsp3) is 0.429. The largest absolute Gasteiger partial charge is 0.281 e. The number of carbonyl (C=O) groups is 1. The molecular weight excluding hydrogens is 150 g/mol. The summed E-state index contributed by atoms with van der Waals surface area (Å²) in [4.78, 5) is 10.5. The standard InChI is InChI=1S/C7H8ClNO/c1-5(3-4-9)6(2)7(8)10/h3,6H,1-2H3/b5-3+. The van der Waals surface area contributed by atoms with Gasteiger partial charge in [0, 0.05) is 6.08 Å². The van der Waals surface area contributed by atoms with E-state index in [1.807, 2.05) is 6.07 Å². The van der Waals surface area contributed by atoms with Crippen molar-refractivity contribution in [2.24, 2.45) is 5.92 Å². The van der Waals surface area contributed by atoms with Crippen LogP contribution in [0.4, 0.5) is 0 Å². The van der Waals surface area contributed by atoms with Crippen LogP contribution in [-0.4, -0.2) is 5.24 Å². The van der Waals surface area contributed by atoms with Crippen molar-refractivity contribution in [2.75, 3.05) is 0 Å². The van der Waals surface area contributed by atoms with Crippen molar-refractivity contribution in [3.63, 3.8) is 0 Å². The molecule has 0 saturated carbocycles. The summed E-state index contributed by atoms with van der Waals surface area (Å²) in [7, 11) is 0. The van der Waals surface area contributed by atoms with Crippen LogP contribution in [0.25, 0.3) is 0 Å². The molecule has 1 atom stereocenters. The second kappa shape index (κ2) is 4.08. The van der Waals surface area contributed by atoms with Crippen LogP contribution in [0.15, 0.2) is 11.6 Å². The van der Waals surface area contributed by atoms with Crippen LogP contribution in [0.5, 0.6) is 0 Å². The number of nitriles is 1. The maximum atomic E-state index is 10.5. The zero-order valence-electron chi connectivity index (χ0n) is 5.89. The lowest BCUT2D eigenvalue weighted by atomic mass is 10.1. The number of allylic oxidation sites excluding steroid dienone is 2. The van der Waals surface area contributed by atoms with E-state index >= 15 is 0 Å². The van der Waals surface area contributed by atoms with E-state index in [4.69, 9.17) is 16.9 Å². The summed E-state index contributed by atoms with van der Waals surface area (Å²) in [6, 6.07) is 1.83. The number of nitrogens with zero attached hydrogens (tertiary/aromatic N) is 1. The summed E-state index contributed by atoms with van der Waals surface area (Å²) in [5.74, 6) is -0.346. The molecule has 0 fully saturated rings. The van der Waals surface area contributed by atoms with Crippen LogP contribution in [0.3, 0.4) is 0 Å². The third-order valence-corrected chi connectivity index (χ3v) is 1.64. The van der Waals surface area contributed by atoms with E-state index in [1.54, 1.807) is 13.8 Å². The first-order valence-electron chi connectivity index (χ1n) is 2.85. The van der Waals surface area contributed by atoms with E-state index in [0.29, 0.717) is 5.57 Å². The molecule has 3 heteroatoms. The lowest BCUT2D eigenvalue weighted by Crippen LogP contribution is -2.04. The Balaban J connectivity index is 4.24. The van der Waals surface area contributed by atoms with Gasteiger partial charge in [-0.3, -0.25) is 4.79 Å². The first kappa shape index (κ1) is 9.19. The predicted octanol–water partition coefficient (Wildman–Crippen LogP) is 1.86. The Morgan fingerprint density at radius 3 is 2.60 bits per heavy atom. The molecule has 0 aromatic rings. The molecule has 0 heterocycles. The molecule has 0 spiro atoms. The Bertz CT molecular complexity index is 202. The van der Waals surface area contributed by atoms with Crippen molar-refractivity contribution < 1.29 is 4.79 Å². The summed E-state index contributed by atoms with van der Waals surface area (Å²) >= 11 is 5.17. The molecular formula is C7H8ClNO. The number of hydrogen-bond donors (Lipinski definition) is 0. The van der Waals surface area contributed by atoms with Gasteiger partial charge in [-0.05, 0) is 18.5 Å². The average molecular weight is 158 g/mol. The summed E-state index contributed by atoms with van der Waals surface area (Å²) in [6.07, 6.45) is 1.32. The normalized spacial score (nSPS) is 14.0. The number of rotatable bonds is 2. The lowest BCUT2D eigenvalue weighted by molar-refractivity contribution is -0.113. The first-order valence-corrected chi connectivity index (χ1v) is 3.23. The molecule has 0 rings (SSSR count). The fourth-order valence-electron chi connectivity index (χ4n) is 0.406. The van der Waals surface area contributed by atoms with Crippen LogP contribution < -0.4 is 0 Å². The van der Waals surface area contributed by atoms with Crippen LogP contribution >= 0.6 is 11.6 Å². The summed E-state index contributed by atoms with van der Waals surface area (Å²) < 4.78 is 0. The molecule has 0 N–H and O–H groups in total. The minimum absolute atomic E-state index is 0.346. The lowest BCUT2D eigenvalue weighted by Gasteiger charge is -2.02. The number of halogens is 1. The van der Waals surface area contributed by atoms with Gasteiger partial charge in [0.2, 0.25) is 5.24 Å². The van der Waals surface area contributed by atoms with Crippen molar-refractivity contribution in [1.29, 1.82) is 5.26 Å². The van der Waals surface area contributed by atoms with E-state index in [-0.39, 0.29) is 5.92 Å². The maximum absolute atomic E-state index is 10.5. The van der Waals surface area contributed by atoms with Gasteiger partial charge in [0.1, 0.15) is 0 Å². The van der Waals surface area contributed by atoms with Gasteiger partial charge in [-0.1, -0.05) is 12.5 Å². The highest BCUT2D eigenvalue weighted by atomic mass is 35.5. The van der Waals surface area contributed by atoms with Crippen molar-refractivity contribution in [2.45, 2.75) is 13.8 Å². The third kappa shape index (κ3) is 2.65. The molecule has 1 unspecified atom stereocenters. The van der Waals surface area contributed by atoms with Gasteiger partial charge in [-0.2, -0.15) is 5.26 Å². The molecule has 0 aliphatic carbocycles. The minimum Gasteiger partial charge on any atom is -0.281 e. The smallest absolute Gasteiger partial charge is 0.228 e. The van der Waals surface area contributed by atoms with Crippen LogP contribution in [0.2, 0.25) is 0 Å². The summed E-state index contributed by atoms with van der Waals surface area (Å²) in [5.41, 5.74) is 0.697. The number of carbonyl (C=O) groups excluding carboxylic acids is 1. The first-order chi connectivity index (χ1) is 4.59. The van der Waals surface area contributed by atoms with E-state index in [1.165, 1.54) is 6.08 Å². The molecule has 0 radical (unpaired) electrons. The molecule has 0 aromatic heterocycles. The second-order valence-corrected chi connectivity index (χ2v) is 2.42. The zero-order valence-corrected chi connectivity index (χ0v) is 6.64. The topological polar surface area (TPSA) is 40.9 Å². The summed E-state index contributed by atoms with van der Waals surface area (Å²) in [6.45, 7) is 3.37. The highest BCUT2D eigenvalue weighted by Gasteiger charge is 2.10. The van der Waals surface area contributed by atoms with Crippen LogP contribution in [-0.2, 0) is 4.79 Å². The molecule has 0 aliphatic heterocycles. The molecule has 2 nitrogen and oxygen atoms in total. The van der Waals surface area contributed by atoms with Crippen molar-refractivity contribution in [3.05, 3.63) is 11.6 Å². The Hall–Kier alpha value is -0.810. The monoisotopic (exact) mass is 157 g/mol. The minimum atomic E-state index is -0.427. The van der Waals surface area contributed by atoms with Crippen molar-refractivity contribution in [3.8, 4) is 6.07 Å². The van der Waals surface area contributed by atoms with Crippen molar-refractivity contribution in [1.82, 2.24) is 0 Å². The Morgan fingerprint density at radius 2 is 2.30 bits per heavy atom. The van der Waals surface area contributed by atoms with E-state index in [2.05, 4.69) is 0 Å². The molecule has 0 bridgehead atoms. The highest BCUT2D eigenvalue weighted by Crippen LogP contribution is 2.11. The predicted molar refractivity (Wildman–Crippen MR) is 39.4 cm³/mol. The molecule has 54 valence electrons. The fourth-order valence-corrected chi connectivity index (χ4v) is 0.578. The molecule has 0 amide bonds. The van der Waals surface area contributed by atoms with Gasteiger partial charge < -0.3 is 0 Å². The molecule has 0 aromatic carbocycles. The van der Waals surface area contributed by atoms with Gasteiger partial charge in [0.25, 0.3) is 0 Å². The molecule has 0 aliphatic rings. The highest BCUT2D eigenvalue weighted by molar-refractivity contribution is 6.64. The molecule has 10 heavy (non-hydrogen) atoms. The zero-order chi connectivity index (χ0) is 8.15. The third-order valence-electron chi connectivity index (χ3n) is 1.32. The van der Waals surface area contributed by atoms with E-state index in [0.717, 1.165) is 0 Å². The van der Waals surface area contributed by atoms with E-state index < -0.39 is 5.24 Å². The van der Waals surface area contributed by atoms with Gasteiger partial charge in [-0.25, -0.2) is 0 Å². The Kier molecular flexibility index (Phi) is 3.75. The van der Waals surface area contributed by atoms with Gasteiger partial charge in [0.15, 0.2) is 0 Å². The second-order valence-electron chi connectivity index (χ2n) is 2.04. The van der Waals surface area contributed by atoms with Crippen molar-refractivity contribution >= 4 is 16.8 Å². The van der Waals surface area contributed by atoms with Gasteiger partial charge >= 0.3 is 0 Å². The maximum Gasteiger partial charge on any atom is 0.228 e. The SMILES string of the molecule is C/C(=C\C#N)C(C)C(=O)Cl. The van der Waals surface area contributed by atoms with Gasteiger partial charge in [-0.15, -0.1) is 0 Å². The van der Waals surface area contributed by atoms with Crippen LogP contribution in [0, 0.1) is 17.2 Å². The van der Waals surface area contributed by atoms with Crippen LogP contribution in [0.1, 0.15) is 13.8 Å². The quantitative estimate of drug-likeness (QED) is 0.454. The Labute approximate surface area is 65.1 Å². The summed E-state index contributed by atoms with van der Waals surface area (Å²) in [5, 5.41) is 7.76. The van der Waals surface area contributed by atoms with E-state index in [9.17, 15) is 4.79 Å². The Morgan fingerprint density at radius 1 is 1.80 bits per heavy atom. The number of hydrogen-bond acceptors (Lipinski definition) is 2. The molecule has 0 saturated heterocycles.